The summed E-state index contributed by atoms with van der Waals surface area (Å²) < 4.78 is 26.2. The van der Waals surface area contributed by atoms with Crippen LogP contribution in [-0.2, 0) is 10.0 Å². The van der Waals surface area contributed by atoms with Crippen molar-refractivity contribution in [2.24, 2.45) is 0 Å². The van der Waals surface area contributed by atoms with Crippen molar-refractivity contribution in [1.82, 2.24) is 19.9 Å². The van der Waals surface area contributed by atoms with Gasteiger partial charge in [0.25, 0.3) is 5.56 Å². The molecule has 2 aromatic heterocycles. The Morgan fingerprint density at radius 1 is 1.17 bits per heavy atom. The normalized spacial score (nSPS) is 20.4. The molecule has 3 aromatic rings. The van der Waals surface area contributed by atoms with Gasteiger partial charge in [0, 0.05) is 11.3 Å². The van der Waals surface area contributed by atoms with Gasteiger partial charge in [0.2, 0.25) is 10.0 Å². The van der Waals surface area contributed by atoms with Crippen LogP contribution in [0.2, 0.25) is 0 Å². The van der Waals surface area contributed by atoms with Crippen LogP contribution in [-0.4, -0.2) is 35.9 Å². The lowest BCUT2D eigenvalue weighted by Crippen LogP contribution is -2.23. The monoisotopic (exact) mass is 344 g/mol. The molecule has 24 heavy (non-hydrogen) atoms. The molecule has 1 aliphatic rings. The van der Waals surface area contributed by atoms with Gasteiger partial charge < -0.3 is 5.10 Å². The predicted molar refractivity (Wildman–Crippen MR) is 91.3 cm³/mol. The molecule has 2 unspecified atom stereocenters. The second-order valence-corrected chi connectivity index (χ2v) is 7.99. The molecule has 1 aliphatic carbocycles. The first-order valence-electron chi connectivity index (χ1n) is 7.60. The summed E-state index contributed by atoms with van der Waals surface area (Å²) in [6.45, 7) is 0. The van der Waals surface area contributed by atoms with Crippen molar-refractivity contribution < 1.29 is 8.42 Å². The van der Waals surface area contributed by atoms with Gasteiger partial charge in [-0.15, -0.1) is 0 Å². The van der Waals surface area contributed by atoms with Gasteiger partial charge in [0.15, 0.2) is 0 Å². The number of fused-ring (bicyclic) bond motifs is 1. The Hall–Kier alpha value is -2.45. The van der Waals surface area contributed by atoms with Gasteiger partial charge in [-0.3, -0.25) is 9.89 Å². The van der Waals surface area contributed by atoms with Crippen LogP contribution >= 0.6 is 0 Å². The molecule has 8 heteroatoms. The quantitative estimate of drug-likeness (QED) is 0.663. The molecule has 1 fully saturated rings. The maximum atomic E-state index is 12.2. The predicted octanol–water partition coefficient (Wildman–Crippen LogP) is 1.32. The summed E-state index contributed by atoms with van der Waals surface area (Å²) in [7, 11) is -1.95. The van der Waals surface area contributed by atoms with Crippen LogP contribution in [0.15, 0.2) is 41.2 Å². The molecule has 1 saturated carbocycles. The number of H-pyrrole nitrogens is 2. The summed E-state index contributed by atoms with van der Waals surface area (Å²) in [5, 5.41) is 5.86. The van der Waals surface area contributed by atoms with E-state index in [0.29, 0.717) is 23.4 Å². The van der Waals surface area contributed by atoms with Crippen molar-refractivity contribution in [1.29, 1.82) is 0 Å². The highest BCUT2D eigenvalue weighted by Crippen LogP contribution is 2.46. The number of hydrogen-bond donors (Lipinski definition) is 3. The SMILES string of the molecule is CNS(=O)(=O)C1CC1c1[nH][nH]c(=O)c1-c1ccc2ccccc2n1. The third kappa shape index (κ3) is 2.35. The number of aromatic nitrogens is 3. The molecule has 0 aliphatic heterocycles. The molecule has 4 rings (SSSR count). The second-order valence-electron chi connectivity index (χ2n) is 5.89. The minimum Gasteiger partial charge on any atom is -0.301 e. The molecule has 0 amide bonds. The third-order valence-electron chi connectivity index (χ3n) is 4.45. The van der Waals surface area contributed by atoms with E-state index in [2.05, 4.69) is 19.9 Å². The highest BCUT2D eigenvalue weighted by atomic mass is 32.2. The zero-order chi connectivity index (χ0) is 16.9. The van der Waals surface area contributed by atoms with E-state index >= 15 is 0 Å². The van der Waals surface area contributed by atoms with Crippen molar-refractivity contribution in [3.05, 3.63) is 52.4 Å². The summed E-state index contributed by atoms with van der Waals surface area (Å²) in [6, 6.07) is 11.3. The molecule has 0 radical (unpaired) electrons. The minimum atomic E-state index is -3.35. The number of para-hydroxylation sites is 1. The molecule has 124 valence electrons. The molecule has 0 spiro atoms. The molecule has 7 nitrogen and oxygen atoms in total. The van der Waals surface area contributed by atoms with E-state index in [1.807, 2.05) is 30.3 Å². The summed E-state index contributed by atoms with van der Waals surface area (Å²) in [4.78, 5) is 16.8. The van der Waals surface area contributed by atoms with Crippen LogP contribution < -0.4 is 10.3 Å². The van der Waals surface area contributed by atoms with Gasteiger partial charge in [0.1, 0.15) is 0 Å². The van der Waals surface area contributed by atoms with E-state index in [4.69, 9.17) is 0 Å². The van der Waals surface area contributed by atoms with E-state index < -0.39 is 15.3 Å². The van der Waals surface area contributed by atoms with Crippen molar-refractivity contribution in [3.63, 3.8) is 0 Å². The molecular weight excluding hydrogens is 328 g/mol. The van der Waals surface area contributed by atoms with Crippen molar-refractivity contribution >= 4 is 20.9 Å². The van der Waals surface area contributed by atoms with Crippen molar-refractivity contribution in [2.75, 3.05) is 7.05 Å². The molecule has 0 bridgehead atoms. The van der Waals surface area contributed by atoms with Gasteiger partial charge >= 0.3 is 0 Å². The smallest absolute Gasteiger partial charge is 0.273 e. The second kappa shape index (κ2) is 5.29. The minimum absolute atomic E-state index is 0.232. The molecule has 3 N–H and O–H groups in total. The van der Waals surface area contributed by atoms with Gasteiger partial charge in [-0.1, -0.05) is 24.3 Å². The average molecular weight is 344 g/mol. The van der Waals surface area contributed by atoms with Crippen LogP contribution in [0.1, 0.15) is 18.0 Å². The Kier molecular flexibility index (Phi) is 3.33. The fraction of sp³-hybridized carbons (Fsp3) is 0.250. The number of pyridine rings is 1. The summed E-state index contributed by atoms with van der Waals surface area (Å²) in [6.07, 6.45) is 0.484. The average Bonchev–Trinajstić information content (AvgIpc) is 3.31. The largest absolute Gasteiger partial charge is 0.301 e. The molecule has 0 saturated heterocycles. The van der Waals surface area contributed by atoms with Gasteiger partial charge in [-0.25, -0.2) is 18.1 Å². The molecule has 2 atom stereocenters. The lowest BCUT2D eigenvalue weighted by molar-refractivity contribution is 0.586. The van der Waals surface area contributed by atoms with Crippen LogP contribution in [0, 0.1) is 0 Å². The first-order valence-corrected chi connectivity index (χ1v) is 9.15. The van der Waals surface area contributed by atoms with E-state index in [1.165, 1.54) is 7.05 Å². The lowest BCUT2D eigenvalue weighted by atomic mass is 10.1. The number of nitrogens with zero attached hydrogens (tertiary/aromatic N) is 1. The molecule has 2 heterocycles. The van der Waals surface area contributed by atoms with E-state index in [-0.39, 0.29) is 11.5 Å². The Bertz CT molecular complexity index is 1080. The summed E-state index contributed by atoms with van der Waals surface area (Å²) in [5.74, 6) is -0.232. The van der Waals surface area contributed by atoms with Gasteiger partial charge in [-0.2, -0.15) is 0 Å². The number of aromatic amines is 2. The van der Waals surface area contributed by atoms with Crippen LogP contribution in [0.5, 0.6) is 0 Å². The fourth-order valence-electron chi connectivity index (χ4n) is 3.08. The van der Waals surface area contributed by atoms with E-state index in [1.54, 1.807) is 6.07 Å². The Morgan fingerprint density at radius 2 is 1.96 bits per heavy atom. The Balaban J connectivity index is 1.79. The lowest BCUT2D eigenvalue weighted by Gasteiger charge is -2.04. The zero-order valence-corrected chi connectivity index (χ0v) is 13.7. The van der Waals surface area contributed by atoms with Crippen molar-refractivity contribution in [2.45, 2.75) is 17.6 Å². The maximum absolute atomic E-state index is 12.2. The maximum Gasteiger partial charge on any atom is 0.273 e. The summed E-state index contributed by atoms with van der Waals surface area (Å²) >= 11 is 0. The Labute approximate surface area is 138 Å². The Morgan fingerprint density at radius 3 is 2.75 bits per heavy atom. The molecule has 1 aromatic carbocycles. The molecular formula is C16H16N4O3S. The number of sulfonamides is 1. The first kappa shape index (κ1) is 15.1. The number of nitrogens with one attached hydrogen (secondary N) is 3. The van der Waals surface area contributed by atoms with Crippen molar-refractivity contribution in [3.8, 4) is 11.3 Å². The number of rotatable bonds is 4. The third-order valence-corrected chi connectivity index (χ3v) is 6.33. The van der Waals surface area contributed by atoms with Crippen LogP contribution in [0.4, 0.5) is 0 Å². The standard InChI is InChI=1S/C16H16N4O3S/c1-17-24(22,23)13-8-10(13)15-14(16(21)20-19-15)12-7-6-9-4-2-3-5-11(9)18-12/h2-7,10,13,17H,8H2,1H3,(H2,19,20,21). The van der Waals surface area contributed by atoms with Gasteiger partial charge in [-0.05, 0) is 25.6 Å². The number of hydrogen-bond acceptors (Lipinski definition) is 4. The van der Waals surface area contributed by atoms with Gasteiger partial charge in [0.05, 0.1) is 27.7 Å². The first-order chi connectivity index (χ1) is 11.5. The van der Waals surface area contributed by atoms with Crippen LogP contribution in [0.3, 0.4) is 0 Å². The zero-order valence-electron chi connectivity index (χ0n) is 12.9. The fourth-order valence-corrected chi connectivity index (χ4v) is 4.41. The van der Waals surface area contributed by atoms with E-state index in [9.17, 15) is 13.2 Å². The topological polar surface area (TPSA) is 108 Å². The number of benzene rings is 1. The van der Waals surface area contributed by atoms with E-state index in [0.717, 1.165) is 10.9 Å². The summed E-state index contributed by atoms with van der Waals surface area (Å²) in [5.41, 5.74) is 2.06. The van der Waals surface area contributed by atoms with Crippen LogP contribution in [0.25, 0.3) is 22.2 Å². The highest BCUT2D eigenvalue weighted by molar-refractivity contribution is 7.90. The highest BCUT2D eigenvalue weighted by Gasteiger charge is 2.49.